The summed E-state index contributed by atoms with van der Waals surface area (Å²) in [5, 5.41) is 7.20. The summed E-state index contributed by atoms with van der Waals surface area (Å²) in [5.74, 6) is 2.04. The zero-order chi connectivity index (χ0) is 18.4. The molecule has 2 aromatic carbocycles. The van der Waals surface area contributed by atoms with Crippen LogP contribution >= 0.6 is 0 Å². The topological polar surface area (TPSA) is 74.6 Å². The Labute approximate surface area is 155 Å². The minimum Gasteiger partial charge on any atom is -0.487 e. The van der Waals surface area contributed by atoms with Crippen molar-refractivity contribution in [1.82, 2.24) is 15.1 Å². The normalized spacial score (nSPS) is 14.2. The predicted octanol–water partition coefficient (Wildman–Crippen LogP) is 2.64. The number of amides is 1. The van der Waals surface area contributed by atoms with E-state index >= 15 is 0 Å². The van der Waals surface area contributed by atoms with Crippen molar-refractivity contribution >= 4 is 5.91 Å². The first-order valence-corrected chi connectivity index (χ1v) is 8.64. The van der Waals surface area contributed by atoms with E-state index in [1.807, 2.05) is 49.6 Å². The molecule has 136 valence electrons. The highest BCUT2D eigenvalue weighted by molar-refractivity contribution is 6.00. The minimum absolute atomic E-state index is 0.0664. The highest BCUT2D eigenvalue weighted by atomic mass is 16.7. The highest BCUT2D eigenvalue weighted by Gasteiger charge is 2.23. The molecule has 0 spiro atoms. The van der Waals surface area contributed by atoms with Gasteiger partial charge in [0.05, 0.1) is 5.69 Å². The molecule has 1 amide bonds. The van der Waals surface area contributed by atoms with Crippen LogP contribution in [0.4, 0.5) is 0 Å². The molecule has 27 heavy (non-hydrogen) atoms. The standard InChI is InChI=1S/C20H17N3O4/c1-23-5-4-14(22-23)10-25-18-7-13-9-21-20(24)16(13)8-15(18)12-2-3-17-19(6-12)27-11-26-17/h2-8H,9-11H2,1H3,(H,21,24). The number of carbonyl (C=O) groups excluding carboxylic acids is 1. The molecule has 1 aromatic heterocycles. The predicted molar refractivity (Wildman–Crippen MR) is 96.7 cm³/mol. The number of aromatic nitrogens is 2. The van der Waals surface area contributed by atoms with Gasteiger partial charge in [0.1, 0.15) is 12.4 Å². The molecule has 1 N–H and O–H groups in total. The number of ether oxygens (including phenoxy) is 3. The molecular weight excluding hydrogens is 346 g/mol. The van der Waals surface area contributed by atoms with E-state index in [1.165, 1.54) is 0 Å². The van der Waals surface area contributed by atoms with Crippen LogP contribution in [0.2, 0.25) is 0 Å². The summed E-state index contributed by atoms with van der Waals surface area (Å²) in [6, 6.07) is 11.4. The fraction of sp³-hybridized carbons (Fsp3) is 0.200. The molecule has 0 bridgehead atoms. The summed E-state index contributed by atoms with van der Waals surface area (Å²) >= 11 is 0. The second-order valence-corrected chi connectivity index (χ2v) is 6.53. The molecule has 0 saturated heterocycles. The first-order chi connectivity index (χ1) is 13.2. The Morgan fingerprint density at radius 3 is 2.89 bits per heavy atom. The van der Waals surface area contributed by atoms with E-state index in [0.29, 0.717) is 36.0 Å². The summed E-state index contributed by atoms with van der Waals surface area (Å²) in [7, 11) is 1.87. The number of benzene rings is 2. The Morgan fingerprint density at radius 1 is 1.15 bits per heavy atom. The fourth-order valence-corrected chi connectivity index (χ4v) is 3.35. The third-order valence-electron chi connectivity index (χ3n) is 4.72. The maximum atomic E-state index is 12.1. The smallest absolute Gasteiger partial charge is 0.251 e. The van der Waals surface area contributed by atoms with Crippen molar-refractivity contribution in [3.63, 3.8) is 0 Å². The van der Waals surface area contributed by atoms with E-state index in [4.69, 9.17) is 14.2 Å². The van der Waals surface area contributed by atoms with Gasteiger partial charge in [0.25, 0.3) is 5.91 Å². The largest absolute Gasteiger partial charge is 0.487 e. The molecule has 0 aliphatic carbocycles. The van der Waals surface area contributed by atoms with Crippen molar-refractivity contribution in [3.05, 3.63) is 59.4 Å². The van der Waals surface area contributed by atoms with Gasteiger partial charge >= 0.3 is 0 Å². The van der Waals surface area contributed by atoms with Crippen LogP contribution in [0.3, 0.4) is 0 Å². The molecule has 7 nitrogen and oxygen atoms in total. The molecule has 2 aliphatic rings. The van der Waals surface area contributed by atoms with Gasteiger partial charge in [-0.2, -0.15) is 5.10 Å². The molecule has 3 heterocycles. The third-order valence-corrected chi connectivity index (χ3v) is 4.72. The SMILES string of the molecule is Cn1ccc(COc2cc3c(cc2-c2ccc4c(c2)OCO4)C(=O)NC3)n1. The molecule has 5 rings (SSSR count). The molecule has 2 aliphatic heterocycles. The zero-order valence-electron chi connectivity index (χ0n) is 14.7. The van der Waals surface area contributed by atoms with Crippen molar-refractivity contribution in [2.75, 3.05) is 6.79 Å². The lowest BCUT2D eigenvalue weighted by atomic mass is 9.98. The van der Waals surface area contributed by atoms with E-state index in [9.17, 15) is 4.79 Å². The monoisotopic (exact) mass is 363 g/mol. The average Bonchev–Trinajstić information content (AvgIpc) is 3.39. The molecular formula is C20H17N3O4. The average molecular weight is 363 g/mol. The van der Waals surface area contributed by atoms with Crippen molar-refractivity contribution in [1.29, 1.82) is 0 Å². The minimum atomic E-state index is -0.0664. The Bertz CT molecular complexity index is 1060. The number of carbonyl (C=O) groups is 1. The van der Waals surface area contributed by atoms with Crippen molar-refractivity contribution in [3.8, 4) is 28.4 Å². The van der Waals surface area contributed by atoms with Gasteiger partial charge in [0, 0.05) is 30.9 Å². The summed E-state index contributed by atoms with van der Waals surface area (Å²) in [4.78, 5) is 12.1. The first-order valence-electron chi connectivity index (χ1n) is 8.64. The van der Waals surface area contributed by atoms with E-state index in [-0.39, 0.29) is 12.7 Å². The number of nitrogens with one attached hydrogen (secondary N) is 1. The number of nitrogens with zero attached hydrogens (tertiary/aromatic N) is 2. The van der Waals surface area contributed by atoms with E-state index in [0.717, 1.165) is 22.4 Å². The van der Waals surface area contributed by atoms with Crippen LogP contribution in [0, 0.1) is 0 Å². The van der Waals surface area contributed by atoms with Gasteiger partial charge in [-0.3, -0.25) is 9.48 Å². The van der Waals surface area contributed by atoms with E-state index in [2.05, 4.69) is 10.4 Å². The van der Waals surface area contributed by atoms with Crippen LogP contribution in [0.25, 0.3) is 11.1 Å². The Kier molecular flexibility index (Phi) is 3.53. The van der Waals surface area contributed by atoms with Crippen LogP contribution in [0.5, 0.6) is 17.2 Å². The zero-order valence-corrected chi connectivity index (χ0v) is 14.7. The van der Waals surface area contributed by atoms with Gasteiger partial charge < -0.3 is 19.5 Å². The van der Waals surface area contributed by atoms with Gasteiger partial charge in [-0.25, -0.2) is 0 Å². The molecule has 0 atom stereocenters. The molecule has 3 aromatic rings. The summed E-state index contributed by atoms with van der Waals surface area (Å²) < 4.78 is 18.7. The van der Waals surface area contributed by atoms with Gasteiger partial charge in [0.2, 0.25) is 6.79 Å². The lowest BCUT2D eigenvalue weighted by Gasteiger charge is -2.13. The summed E-state index contributed by atoms with van der Waals surface area (Å²) in [6.45, 7) is 1.07. The van der Waals surface area contributed by atoms with E-state index in [1.54, 1.807) is 4.68 Å². The Morgan fingerprint density at radius 2 is 2.04 bits per heavy atom. The molecule has 0 fully saturated rings. The maximum Gasteiger partial charge on any atom is 0.251 e. The third kappa shape index (κ3) is 2.77. The van der Waals surface area contributed by atoms with Crippen molar-refractivity contribution < 1.29 is 19.0 Å². The van der Waals surface area contributed by atoms with Crippen LogP contribution in [-0.4, -0.2) is 22.5 Å². The Balaban J connectivity index is 1.55. The van der Waals surface area contributed by atoms with Crippen molar-refractivity contribution in [2.24, 2.45) is 7.05 Å². The van der Waals surface area contributed by atoms with Gasteiger partial charge in [-0.05, 0) is 41.5 Å². The Hall–Kier alpha value is -3.48. The number of hydrogen-bond acceptors (Lipinski definition) is 5. The number of aryl methyl sites for hydroxylation is 1. The second kappa shape index (κ2) is 6.05. The van der Waals surface area contributed by atoms with Crippen LogP contribution in [0.1, 0.15) is 21.6 Å². The quantitative estimate of drug-likeness (QED) is 0.771. The van der Waals surface area contributed by atoms with Gasteiger partial charge in [0.15, 0.2) is 11.5 Å². The molecule has 7 heteroatoms. The van der Waals surface area contributed by atoms with Crippen LogP contribution in [-0.2, 0) is 20.2 Å². The molecule has 0 saturated carbocycles. The van der Waals surface area contributed by atoms with E-state index < -0.39 is 0 Å². The number of rotatable bonds is 4. The second-order valence-electron chi connectivity index (χ2n) is 6.53. The number of fused-ring (bicyclic) bond motifs is 2. The fourth-order valence-electron chi connectivity index (χ4n) is 3.35. The highest BCUT2D eigenvalue weighted by Crippen LogP contribution is 2.40. The maximum absolute atomic E-state index is 12.1. The first kappa shape index (κ1) is 15.7. The summed E-state index contributed by atoms with van der Waals surface area (Å²) in [5.41, 5.74) is 4.18. The lowest BCUT2D eigenvalue weighted by molar-refractivity contribution is 0.0966. The number of hydrogen-bond donors (Lipinski definition) is 1. The van der Waals surface area contributed by atoms with Crippen LogP contribution < -0.4 is 19.5 Å². The van der Waals surface area contributed by atoms with Crippen LogP contribution in [0.15, 0.2) is 42.6 Å². The summed E-state index contributed by atoms with van der Waals surface area (Å²) in [6.07, 6.45) is 1.88. The molecule has 0 unspecified atom stereocenters. The molecule has 0 radical (unpaired) electrons. The van der Waals surface area contributed by atoms with Gasteiger partial charge in [-0.1, -0.05) is 6.07 Å². The van der Waals surface area contributed by atoms with Gasteiger partial charge in [-0.15, -0.1) is 0 Å². The lowest BCUT2D eigenvalue weighted by Crippen LogP contribution is -2.12. The van der Waals surface area contributed by atoms with Crippen molar-refractivity contribution in [2.45, 2.75) is 13.2 Å².